The molecule has 174 valence electrons. The second kappa shape index (κ2) is 10.6. The maximum Gasteiger partial charge on any atom is 0.246 e. The van der Waals surface area contributed by atoms with E-state index in [4.69, 9.17) is 10.5 Å². The molecule has 1 amide bonds. The average molecular weight is 458 g/mol. The van der Waals surface area contributed by atoms with Gasteiger partial charge in [-0.05, 0) is 61.7 Å². The van der Waals surface area contributed by atoms with Crippen molar-refractivity contribution in [1.29, 1.82) is 0 Å². The van der Waals surface area contributed by atoms with Gasteiger partial charge < -0.3 is 20.7 Å². The Labute approximate surface area is 198 Å². The molecule has 1 unspecified atom stereocenters. The van der Waals surface area contributed by atoms with Crippen molar-refractivity contribution in [2.24, 2.45) is 0 Å². The summed E-state index contributed by atoms with van der Waals surface area (Å²) in [6.45, 7) is 4.73. The predicted molar refractivity (Wildman–Crippen MR) is 131 cm³/mol. The molecule has 0 saturated carbocycles. The number of carbonyl (C=O) groups excluding carboxylic acids is 2. The van der Waals surface area contributed by atoms with Crippen LogP contribution >= 0.6 is 0 Å². The van der Waals surface area contributed by atoms with E-state index >= 15 is 0 Å². The van der Waals surface area contributed by atoms with Crippen LogP contribution in [0.2, 0.25) is 0 Å². The summed E-state index contributed by atoms with van der Waals surface area (Å²) in [5.41, 5.74) is 6.72. The molecule has 0 radical (unpaired) electrons. The normalized spacial score (nSPS) is 15.4. The van der Waals surface area contributed by atoms with E-state index in [1.807, 2.05) is 30.3 Å². The van der Waals surface area contributed by atoms with Crippen molar-refractivity contribution in [3.8, 4) is 11.5 Å². The fourth-order valence-electron chi connectivity index (χ4n) is 4.04. The van der Waals surface area contributed by atoms with Gasteiger partial charge in [-0.25, -0.2) is 9.97 Å². The van der Waals surface area contributed by atoms with Crippen molar-refractivity contribution in [2.45, 2.75) is 25.3 Å². The number of likely N-dealkylation sites (tertiary alicyclic amines) is 1. The highest BCUT2D eigenvalue weighted by Gasteiger charge is 2.26. The number of amides is 1. The zero-order chi connectivity index (χ0) is 23.9. The number of piperidine rings is 1. The quantitative estimate of drug-likeness (QED) is 0.388. The van der Waals surface area contributed by atoms with Crippen molar-refractivity contribution < 1.29 is 14.3 Å². The molecule has 2 aromatic carbocycles. The van der Waals surface area contributed by atoms with Gasteiger partial charge in [0, 0.05) is 24.7 Å². The Bertz CT molecular complexity index is 1160. The van der Waals surface area contributed by atoms with Gasteiger partial charge in [-0.2, -0.15) is 0 Å². The number of anilines is 2. The van der Waals surface area contributed by atoms with E-state index in [9.17, 15) is 9.59 Å². The molecule has 3 aromatic rings. The van der Waals surface area contributed by atoms with Gasteiger partial charge >= 0.3 is 0 Å². The second-order valence-corrected chi connectivity index (χ2v) is 8.02. The van der Waals surface area contributed by atoms with Gasteiger partial charge in [-0.15, -0.1) is 0 Å². The molecule has 8 nitrogen and oxygen atoms in total. The molecular weight excluding hydrogens is 430 g/mol. The number of aromatic nitrogens is 2. The molecule has 4 rings (SSSR count). The lowest BCUT2D eigenvalue weighted by molar-refractivity contribution is -0.129. The molecule has 34 heavy (non-hydrogen) atoms. The number of hydrogen-bond donors (Lipinski definition) is 2. The molecule has 1 saturated heterocycles. The number of hydrogen-bond acceptors (Lipinski definition) is 7. The van der Waals surface area contributed by atoms with Crippen LogP contribution in [-0.2, 0) is 4.79 Å². The van der Waals surface area contributed by atoms with Crippen LogP contribution in [0.4, 0.5) is 11.6 Å². The number of benzene rings is 2. The highest BCUT2D eigenvalue weighted by atomic mass is 16.5. The zero-order valence-electron chi connectivity index (χ0n) is 18.8. The number of ketones is 1. The highest BCUT2D eigenvalue weighted by molar-refractivity contribution is 6.14. The smallest absolute Gasteiger partial charge is 0.246 e. The van der Waals surface area contributed by atoms with E-state index in [1.165, 1.54) is 12.4 Å². The van der Waals surface area contributed by atoms with Crippen molar-refractivity contribution in [3.05, 3.63) is 84.7 Å². The minimum atomic E-state index is -0.297. The molecule has 0 bridgehead atoms. The number of ether oxygens (including phenoxy) is 1. The number of rotatable bonds is 8. The van der Waals surface area contributed by atoms with Crippen molar-refractivity contribution in [3.63, 3.8) is 0 Å². The molecule has 1 aliphatic rings. The van der Waals surface area contributed by atoms with Gasteiger partial charge in [0.15, 0.2) is 5.78 Å². The molecule has 1 atom stereocenters. The van der Waals surface area contributed by atoms with Gasteiger partial charge in [0.05, 0.1) is 0 Å². The van der Waals surface area contributed by atoms with Gasteiger partial charge in [0.2, 0.25) is 5.91 Å². The largest absolute Gasteiger partial charge is 0.457 e. The van der Waals surface area contributed by atoms with Gasteiger partial charge in [-0.1, -0.05) is 24.8 Å². The zero-order valence-corrected chi connectivity index (χ0v) is 18.8. The molecule has 1 aromatic heterocycles. The number of nitrogen functional groups attached to an aromatic ring is 1. The number of nitrogens with zero attached hydrogens (tertiary/aromatic N) is 3. The lowest BCUT2D eigenvalue weighted by atomic mass is 10.0. The topological polar surface area (TPSA) is 110 Å². The van der Waals surface area contributed by atoms with Crippen LogP contribution in [-0.4, -0.2) is 45.7 Å². The minimum absolute atomic E-state index is 0.0205. The average Bonchev–Trinajstić information content (AvgIpc) is 2.88. The summed E-state index contributed by atoms with van der Waals surface area (Å²) in [7, 11) is 0. The third-order valence-corrected chi connectivity index (χ3v) is 5.79. The molecule has 3 N–H and O–H groups in total. The monoisotopic (exact) mass is 457 g/mol. The van der Waals surface area contributed by atoms with Crippen LogP contribution in [0.1, 0.15) is 35.2 Å². The van der Waals surface area contributed by atoms with Crippen LogP contribution < -0.4 is 15.8 Å². The number of nitrogens with two attached hydrogens (primary N) is 1. The molecule has 0 spiro atoms. The lowest BCUT2D eigenvalue weighted by Crippen LogP contribution is -2.46. The minimum Gasteiger partial charge on any atom is -0.457 e. The number of nitrogens with one attached hydrogen (secondary N) is 1. The van der Waals surface area contributed by atoms with Crippen molar-refractivity contribution >= 4 is 23.3 Å². The Hall–Kier alpha value is -4.20. The Morgan fingerprint density at radius 1 is 1.09 bits per heavy atom. The highest BCUT2D eigenvalue weighted by Crippen LogP contribution is 2.26. The van der Waals surface area contributed by atoms with Crippen LogP contribution in [0.15, 0.2) is 73.6 Å². The fourth-order valence-corrected chi connectivity index (χ4v) is 4.04. The molecule has 1 fully saturated rings. The predicted octanol–water partition coefficient (Wildman–Crippen LogP) is 4.06. The number of carbonyl (C=O) groups is 2. The molecule has 8 heteroatoms. The summed E-state index contributed by atoms with van der Waals surface area (Å²) in [5.74, 6) is 1.37. The maximum absolute atomic E-state index is 13.3. The molecule has 2 heterocycles. The lowest BCUT2D eigenvalue weighted by Gasteiger charge is -2.35. The first-order chi connectivity index (χ1) is 16.6. The van der Waals surface area contributed by atoms with Gasteiger partial charge in [0.25, 0.3) is 0 Å². The van der Waals surface area contributed by atoms with E-state index in [-0.39, 0.29) is 29.1 Å². The first-order valence-corrected chi connectivity index (χ1v) is 11.2. The summed E-state index contributed by atoms with van der Waals surface area (Å²) < 4.78 is 5.80. The Morgan fingerprint density at radius 2 is 1.82 bits per heavy atom. The Kier molecular flexibility index (Phi) is 7.17. The summed E-state index contributed by atoms with van der Waals surface area (Å²) in [4.78, 5) is 35.6. The SMILES string of the molecule is C=CC(=O)N1CCCCC1CNc1ncnc(N)c1C(=O)c1ccc(Oc2ccccc2)cc1. The van der Waals surface area contributed by atoms with Crippen LogP contribution in [0, 0.1) is 0 Å². The van der Waals surface area contributed by atoms with Crippen LogP contribution in [0.5, 0.6) is 11.5 Å². The van der Waals surface area contributed by atoms with E-state index in [0.717, 1.165) is 19.3 Å². The Morgan fingerprint density at radius 3 is 2.56 bits per heavy atom. The van der Waals surface area contributed by atoms with E-state index in [0.29, 0.717) is 36.0 Å². The third kappa shape index (κ3) is 5.23. The van der Waals surface area contributed by atoms with E-state index in [2.05, 4.69) is 21.9 Å². The number of para-hydroxylation sites is 1. The first kappa shape index (κ1) is 23.0. The summed E-state index contributed by atoms with van der Waals surface area (Å²) in [6, 6.07) is 16.2. The van der Waals surface area contributed by atoms with Crippen molar-refractivity contribution in [1.82, 2.24) is 14.9 Å². The van der Waals surface area contributed by atoms with E-state index in [1.54, 1.807) is 29.2 Å². The molecule has 0 aliphatic carbocycles. The summed E-state index contributed by atoms with van der Waals surface area (Å²) in [6.07, 6.45) is 5.51. The fraction of sp³-hybridized carbons (Fsp3) is 0.231. The standard InChI is InChI=1S/C26H27N5O3/c1-2-22(32)31-15-7-6-8-19(31)16-28-26-23(25(27)29-17-30-26)24(33)18-11-13-21(14-12-18)34-20-9-4-3-5-10-20/h2-5,9-14,17,19H,1,6-8,15-16H2,(H3,27,28,29,30). The van der Waals surface area contributed by atoms with Gasteiger partial charge in [0.1, 0.15) is 35.0 Å². The van der Waals surface area contributed by atoms with Gasteiger partial charge in [-0.3, -0.25) is 9.59 Å². The third-order valence-electron chi connectivity index (χ3n) is 5.79. The summed E-state index contributed by atoms with van der Waals surface area (Å²) in [5, 5.41) is 3.22. The first-order valence-electron chi connectivity index (χ1n) is 11.2. The molecular formula is C26H27N5O3. The second-order valence-electron chi connectivity index (χ2n) is 8.02. The van der Waals surface area contributed by atoms with E-state index < -0.39 is 0 Å². The van der Waals surface area contributed by atoms with Crippen molar-refractivity contribution in [2.75, 3.05) is 24.1 Å². The summed E-state index contributed by atoms with van der Waals surface area (Å²) >= 11 is 0. The maximum atomic E-state index is 13.3. The Balaban J connectivity index is 1.50. The van der Waals surface area contributed by atoms with Crippen LogP contribution in [0.3, 0.4) is 0 Å². The van der Waals surface area contributed by atoms with Crippen LogP contribution in [0.25, 0.3) is 0 Å². The molecule has 1 aliphatic heterocycles.